The second-order valence-electron chi connectivity index (χ2n) is 6.33. The number of thiophene rings is 1. The van der Waals surface area contributed by atoms with E-state index in [9.17, 15) is 14.4 Å². The first-order valence-corrected chi connectivity index (χ1v) is 9.38. The van der Waals surface area contributed by atoms with Crippen LogP contribution in [0.3, 0.4) is 0 Å². The Hall–Kier alpha value is -2.67. The second kappa shape index (κ2) is 7.29. The van der Waals surface area contributed by atoms with Crippen molar-refractivity contribution in [3.8, 4) is 0 Å². The first kappa shape index (κ1) is 18.1. The van der Waals surface area contributed by atoms with E-state index in [0.29, 0.717) is 23.2 Å². The van der Waals surface area contributed by atoms with Gasteiger partial charge in [-0.15, -0.1) is 11.3 Å². The molecule has 2 aromatic heterocycles. The summed E-state index contributed by atoms with van der Waals surface area (Å²) in [6.45, 7) is 6.02. The Morgan fingerprint density at radius 1 is 1.15 bits per heavy atom. The van der Waals surface area contributed by atoms with Gasteiger partial charge in [0.1, 0.15) is 11.2 Å². The van der Waals surface area contributed by atoms with Gasteiger partial charge in [-0.05, 0) is 43.3 Å². The van der Waals surface area contributed by atoms with Crippen molar-refractivity contribution in [3.63, 3.8) is 0 Å². The fraction of sp³-hybridized carbons (Fsp3) is 0.316. The summed E-state index contributed by atoms with van der Waals surface area (Å²) in [6.07, 6.45) is 0.667. The molecule has 0 aliphatic heterocycles. The average Bonchev–Trinajstić information content (AvgIpc) is 3.08. The highest BCUT2D eigenvalue weighted by Gasteiger charge is 2.16. The molecule has 0 saturated carbocycles. The number of aryl methyl sites for hydroxylation is 2. The number of nitrogens with zero attached hydrogens (tertiary/aromatic N) is 2. The van der Waals surface area contributed by atoms with Gasteiger partial charge in [-0.1, -0.05) is 24.6 Å². The van der Waals surface area contributed by atoms with Crippen LogP contribution in [0.5, 0.6) is 0 Å². The average molecular weight is 371 g/mol. The summed E-state index contributed by atoms with van der Waals surface area (Å²) in [7, 11) is 0. The molecule has 0 fully saturated rings. The molecule has 2 heterocycles. The Labute approximate surface area is 154 Å². The Balaban J connectivity index is 1.98. The lowest BCUT2D eigenvalue weighted by Crippen LogP contribution is -2.41. The molecule has 0 aliphatic rings. The van der Waals surface area contributed by atoms with Crippen LogP contribution in [0.15, 0.2) is 39.2 Å². The smallest absolute Gasteiger partial charge is 0.324 e. The minimum atomic E-state index is -0.446. The lowest BCUT2D eigenvalue weighted by Gasteiger charge is -2.13. The summed E-state index contributed by atoms with van der Waals surface area (Å²) in [5.41, 5.74) is 2.57. The molecular weight excluding hydrogens is 350 g/mol. The molecular formula is C19H21N3O3S. The maximum atomic E-state index is 12.7. The number of carbonyl (C=O) groups is 1. The van der Waals surface area contributed by atoms with Crippen molar-refractivity contribution in [2.75, 3.05) is 5.32 Å². The van der Waals surface area contributed by atoms with Crippen molar-refractivity contribution in [1.29, 1.82) is 0 Å². The number of nitrogens with one attached hydrogen (secondary N) is 1. The number of hydrogen-bond donors (Lipinski definition) is 1. The highest BCUT2D eigenvalue weighted by Crippen LogP contribution is 2.17. The molecule has 0 saturated heterocycles. The van der Waals surface area contributed by atoms with Crippen LogP contribution in [-0.4, -0.2) is 15.0 Å². The Kier molecular flexibility index (Phi) is 5.08. The van der Waals surface area contributed by atoms with E-state index in [-0.39, 0.29) is 18.0 Å². The van der Waals surface area contributed by atoms with Crippen molar-refractivity contribution < 1.29 is 4.79 Å². The summed E-state index contributed by atoms with van der Waals surface area (Å²) >= 11 is 1.29. The highest BCUT2D eigenvalue weighted by molar-refractivity contribution is 7.17. The maximum absolute atomic E-state index is 12.7. The van der Waals surface area contributed by atoms with Gasteiger partial charge in [0.15, 0.2) is 0 Å². The number of fused-ring (bicyclic) bond motifs is 1. The van der Waals surface area contributed by atoms with Crippen molar-refractivity contribution in [2.24, 2.45) is 0 Å². The van der Waals surface area contributed by atoms with Gasteiger partial charge < -0.3 is 5.32 Å². The van der Waals surface area contributed by atoms with Crippen LogP contribution in [0, 0.1) is 13.8 Å². The molecule has 136 valence electrons. The lowest BCUT2D eigenvalue weighted by atomic mass is 10.1. The summed E-state index contributed by atoms with van der Waals surface area (Å²) in [6, 6.07) is 7.47. The molecule has 7 heteroatoms. The molecule has 0 aliphatic carbocycles. The zero-order valence-corrected chi connectivity index (χ0v) is 15.9. The standard InChI is InChI=1S/C19H21N3O3S/c1-4-8-21-18(24)17-15(7-9-26-17)22(19(21)25)11-16(23)20-14-6-5-12(2)10-13(14)3/h5-7,9-10H,4,8,11H2,1-3H3,(H,20,23). The molecule has 0 atom stereocenters. The van der Waals surface area contributed by atoms with E-state index in [1.165, 1.54) is 20.5 Å². The summed E-state index contributed by atoms with van der Waals surface area (Å²) in [5.74, 6) is -0.298. The Morgan fingerprint density at radius 2 is 1.92 bits per heavy atom. The second-order valence-corrected chi connectivity index (χ2v) is 7.24. The number of benzene rings is 1. The number of aromatic nitrogens is 2. The normalized spacial score (nSPS) is 11.0. The minimum absolute atomic E-state index is 0.136. The van der Waals surface area contributed by atoms with Crippen molar-refractivity contribution in [1.82, 2.24) is 9.13 Å². The van der Waals surface area contributed by atoms with Crippen molar-refractivity contribution >= 4 is 33.1 Å². The van der Waals surface area contributed by atoms with E-state index >= 15 is 0 Å². The number of amides is 1. The van der Waals surface area contributed by atoms with Crippen LogP contribution in [-0.2, 0) is 17.9 Å². The van der Waals surface area contributed by atoms with E-state index in [0.717, 1.165) is 16.8 Å². The summed E-state index contributed by atoms with van der Waals surface area (Å²) in [5, 5.41) is 4.62. The van der Waals surface area contributed by atoms with Crippen LogP contribution in [0.25, 0.3) is 10.2 Å². The van der Waals surface area contributed by atoms with Crippen LogP contribution < -0.4 is 16.6 Å². The fourth-order valence-electron chi connectivity index (χ4n) is 2.99. The molecule has 0 unspecified atom stereocenters. The van der Waals surface area contributed by atoms with Crippen LogP contribution >= 0.6 is 11.3 Å². The molecule has 1 N–H and O–H groups in total. The SMILES string of the molecule is CCCn1c(=O)c2sccc2n(CC(=O)Nc2ccc(C)cc2C)c1=O. The zero-order valence-electron chi connectivity index (χ0n) is 15.0. The van der Waals surface area contributed by atoms with Crippen molar-refractivity contribution in [2.45, 2.75) is 40.3 Å². The van der Waals surface area contributed by atoms with Gasteiger partial charge in [-0.25, -0.2) is 4.79 Å². The van der Waals surface area contributed by atoms with Gasteiger partial charge in [-0.2, -0.15) is 0 Å². The van der Waals surface area contributed by atoms with Crippen molar-refractivity contribution in [3.05, 3.63) is 61.6 Å². The molecule has 6 nitrogen and oxygen atoms in total. The number of rotatable bonds is 5. The molecule has 1 aromatic carbocycles. The molecule has 3 aromatic rings. The van der Waals surface area contributed by atoms with Crippen LogP contribution in [0.4, 0.5) is 5.69 Å². The van der Waals surface area contributed by atoms with E-state index in [1.54, 1.807) is 11.4 Å². The van der Waals surface area contributed by atoms with E-state index in [4.69, 9.17) is 0 Å². The zero-order chi connectivity index (χ0) is 18.8. The monoisotopic (exact) mass is 371 g/mol. The molecule has 0 spiro atoms. The van der Waals surface area contributed by atoms with Crippen LogP contribution in [0.1, 0.15) is 24.5 Å². The summed E-state index contributed by atoms with van der Waals surface area (Å²) < 4.78 is 3.09. The molecule has 0 radical (unpaired) electrons. The predicted octanol–water partition coefficient (Wildman–Crippen LogP) is 2.89. The highest BCUT2D eigenvalue weighted by atomic mass is 32.1. The minimum Gasteiger partial charge on any atom is -0.324 e. The largest absolute Gasteiger partial charge is 0.332 e. The van der Waals surface area contributed by atoms with Gasteiger partial charge in [0.25, 0.3) is 5.56 Å². The summed E-state index contributed by atoms with van der Waals surface area (Å²) in [4.78, 5) is 37.7. The Morgan fingerprint density at radius 3 is 2.62 bits per heavy atom. The van der Waals surface area contributed by atoms with Gasteiger partial charge in [0.05, 0.1) is 5.52 Å². The number of anilines is 1. The molecule has 3 rings (SSSR count). The topological polar surface area (TPSA) is 73.1 Å². The molecule has 1 amide bonds. The van der Waals surface area contributed by atoms with E-state index < -0.39 is 5.69 Å². The third-order valence-corrected chi connectivity index (χ3v) is 5.13. The maximum Gasteiger partial charge on any atom is 0.332 e. The first-order valence-electron chi connectivity index (χ1n) is 8.50. The van der Waals surface area contributed by atoms with Gasteiger partial charge in [0.2, 0.25) is 5.91 Å². The molecule has 26 heavy (non-hydrogen) atoms. The quantitative estimate of drug-likeness (QED) is 0.749. The Bertz CT molecular complexity index is 1090. The van der Waals surface area contributed by atoms with Gasteiger partial charge in [0, 0.05) is 12.2 Å². The van der Waals surface area contributed by atoms with E-state index in [2.05, 4.69) is 5.32 Å². The van der Waals surface area contributed by atoms with Crippen LogP contribution in [0.2, 0.25) is 0 Å². The fourth-order valence-corrected chi connectivity index (χ4v) is 3.84. The van der Waals surface area contributed by atoms with E-state index in [1.807, 2.05) is 39.0 Å². The predicted molar refractivity (Wildman–Crippen MR) is 105 cm³/mol. The lowest BCUT2D eigenvalue weighted by molar-refractivity contribution is -0.116. The third kappa shape index (κ3) is 3.35. The first-order chi connectivity index (χ1) is 12.4. The third-order valence-electron chi connectivity index (χ3n) is 4.24. The van der Waals surface area contributed by atoms with Gasteiger partial charge >= 0.3 is 5.69 Å². The number of hydrogen-bond acceptors (Lipinski definition) is 4. The molecule has 0 bridgehead atoms. The van der Waals surface area contributed by atoms with Gasteiger partial charge in [-0.3, -0.25) is 18.7 Å². The number of carbonyl (C=O) groups excluding carboxylic acids is 1.